The molecule has 2 amide bonds. The van der Waals surface area contributed by atoms with Gasteiger partial charge < -0.3 is 15.6 Å². The first-order chi connectivity index (χ1) is 13.7. The monoisotopic (exact) mass is 407 g/mol. The summed E-state index contributed by atoms with van der Waals surface area (Å²) in [5.41, 5.74) is 1.54. The highest BCUT2D eigenvalue weighted by atomic mass is 19.4. The van der Waals surface area contributed by atoms with Crippen LogP contribution < -0.4 is 10.6 Å². The summed E-state index contributed by atoms with van der Waals surface area (Å²) in [5.74, 6) is -2.21. The van der Waals surface area contributed by atoms with Crippen LogP contribution in [0, 0.1) is 5.82 Å². The zero-order valence-corrected chi connectivity index (χ0v) is 15.0. The van der Waals surface area contributed by atoms with E-state index in [9.17, 15) is 27.2 Å². The molecular weight excluding hydrogens is 390 g/mol. The molecule has 3 N–H and O–H groups in total. The topological polar surface area (TPSA) is 74.0 Å². The van der Waals surface area contributed by atoms with Gasteiger partial charge in [0.25, 0.3) is 5.91 Å². The van der Waals surface area contributed by atoms with Gasteiger partial charge in [-0.15, -0.1) is 0 Å². The number of hydrogen-bond acceptors (Lipinski definition) is 2. The van der Waals surface area contributed by atoms with Crippen molar-refractivity contribution in [2.24, 2.45) is 0 Å². The molecule has 29 heavy (non-hydrogen) atoms. The molecule has 1 heterocycles. The predicted octanol–water partition coefficient (Wildman–Crippen LogP) is 3.33. The normalized spacial score (nSPS) is 12.6. The largest absolute Gasteiger partial charge is 0.405 e. The molecule has 0 aliphatic heterocycles. The van der Waals surface area contributed by atoms with Crippen molar-refractivity contribution in [3.8, 4) is 0 Å². The van der Waals surface area contributed by atoms with Gasteiger partial charge in [0.1, 0.15) is 18.4 Å². The second-order valence-electron chi connectivity index (χ2n) is 6.43. The van der Waals surface area contributed by atoms with Gasteiger partial charge in [0.05, 0.1) is 0 Å². The van der Waals surface area contributed by atoms with Crippen molar-refractivity contribution >= 4 is 22.7 Å². The summed E-state index contributed by atoms with van der Waals surface area (Å²) >= 11 is 0. The van der Waals surface area contributed by atoms with E-state index >= 15 is 0 Å². The molecule has 0 saturated carbocycles. The number of aromatic nitrogens is 1. The highest BCUT2D eigenvalue weighted by molar-refractivity contribution is 5.97. The van der Waals surface area contributed by atoms with Crippen LogP contribution in [0.5, 0.6) is 0 Å². The lowest BCUT2D eigenvalue weighted by Gasteiger charge is -2.19. The number of carbonyl (C=O) groups excluding carboxylic acids is 2. The summed E-state index contributed by atoms with van der Waals surface area (Å²) in [6.45, 7) is -1.51. The molecule has 2 aromatic carbocycles. The predicted molar refractivity (Wildman–Crippen MR) is 98.7 cm³/mol. The van der Waals surface area contributed by atoms with Gasteiger partial charge >= 0.3 is 6.18 Å². The smallest absolute Gasteiger partial charge is 0.361 e. The van der Waals surface area contributed by atoms with Crippen molar-refractivity contribution in [1.29, 1.82) is 0 Å². The molecule has 0 aliphatic carbocycles. The maximum atomic E-state index is 13.0. The van der Waals surface area contributed by atoms with Crippen LogP contribution in [0.1, 0.15) is 15.9 Å². The Balaban J connectivity index is 1.81. The van der Waals surface area contributed by atoms with Crippen LogP contribution in [0.25, 0.3) is 10.9 Å². The van der Waals surface area contributed by atoms with Gasteiger partial charge in [-0.05, 0) is 35.9 Å². The fourth-order valence-electron chi connectivity index (χ4n) is 2.88. The molecule has 0 fully saturated rings. The summed E-state index contributed by atoms with van der Waals surface area (Å²) in [7, 11) is 0. The van der Waals surface area contributed by atoms with Crippen LogP contribution in [-0.2, 0) is 11.2 Å². The Morgan fingerprint density at radius 2 is 1.72 bits per heavy atom. The van der Waals surface area contributed by atoms with E-state index in [2.05, 4.69) is 10.3 Å². The highest BCUT2D eigenvalue weighted by Gasteiger charge is 2.30. The molecule has 0 aliphatic rings. The maximum Gasteiger partial charge on any atom is 0.405 e. The van der Waals surface area contributed by atoms with Crippen LogP contribution in [-0.4, -0.2) is 35.6 Å². The minimum Gasteiger partial charge on any atom is -0.361 e. The summed E-state index contributed by atoms with van der Waals surface area (Å²) in [6.07, 6.45) is -2.97. The Kier molecular flexibility index (Phi) is 5.86. The zero-order valence-electron chi connectivity index (χ0n) is 15.0. The first-order valence-corrected chi connectivity index (χ1v) is 8.69. The number of aromatic amines is 1. The Morgan fingerprint density at radius 3 is 2.41 bits per heavy atom. The van der Waals surface area contributed by atoms with Gasteiger partial charge in [-0.2, -0.15) is 13.2 Å². The van der Waals surface area contributed by atoms with E-state index in [1.54, 1.807) is 23.6 Å². The Labute approximate surface area is 163 Å². The molecule has 0 bridgehead atoms. The number of hydrogen-bond donors (Lipinski definition) is 3. The molecule has 1 aromatic heterocycles. The second-order valence-corrected chi connectivity index (χ2v) is 6.43. The minimum absolute atomic E-state index is 0.0271. The van der Waals surface area contributed by atoms with E-state index < -0.39 is 36.4 Å². The Hall–Kier alpha value is -3.36. The van der Waals surface area contributed by atoms with Crippen LogP contribution >= 0.6 is 0 Å². The van der Waals surface area contributed by atoms with Crippen molar-refractivity contribution in [2.75, 3.05) is 6.54 Å². The van der Waals surface area contributed by atoms with Crippen molar-refractivity contribution < 1.29 is 27.2 Å². The summed E-state index contributed by atoms with van der Waals surface area (Å²) in [5, 5.41) is 5.03. The summed E-state index contributed by atoms with van der Waals surface area (Å²) in [4.78, 5) is 27.8. The van der Waals surface area contributed by atoms with Gasteiger partial charge in [0.15, 0.2) is 0 Å². The Bertz CT molecular complexity index is 1010. The number of H-pyrrole nitrogens is 1. The average molecular weight is 407 g/mol. The number of carbonyl (C=O) groups is 2. The maximum absolute atomic E-state index is 13.0. The van der Waals surface area contributed by atoms with Crippen molar-refractivity contribution in [3.05, 3.63) is 71.7 Å². The van der Waals surface area contributed by atoms with Gasteiger partial charge in [-0.1, -0.05) is 18.2 Å². The second kappa shape index (κ2) is 8.34. The standard InChI is InChI=1S/C20H17F4N3O2/c21-14-7-5-12(6-8-14)18(28)27-17(19(29)26-11-20(22,23)24)9-13-10-25-16-4-2-1-3-15(13)16/h1-8,10,17,25H,9,11H2,(H,26,29)(H,27,28)/t17-/m0/s1. The van der Waals surface area contributed by atoms with Crippen LogP contribution in [0.2, 0.25) is 0 Å². The molecule has 1 atom stereocenters. The number of alkyl halides is 3. The quantitative estimate of drug-likeness (QED) is 0.549. The molecule has 3 aromatic rings. The number of benzene rings is 2. The van der Waals surface area contributed by atoms with Crippen LogP contribution in [0.15, 0.2) is 54.7 Å². The van der Waals surface area contributed by atoms with E-state index in [0.717, 1.165) is 23.0 Å². The number of amides is 2. The molecule has 3 rings (SSSR count). The third kappa shape index (κ3) is 5.34. The SMILES string of the molecule is O=C(N[C@@H](Cc1c[nH]c2ccccc12)C(=O)NCC(F)(F)F)c1ccc(F)cc1. The highest BCUT2D eigenvalue weighted by Crippen LogP contribution is 2.20. The van der Waals surface area contributed by atoms with Gasteiger partial charge in [-0.25, -0.2) is 4.39 Å². The molecular formula is C20H17F4N3O2. The first-order valence-electron chi connectivity index (χ1n) is 8.69. The lowest BCUT2D eigenvalue weighted by Crippen LogP contribution is -2.49. The van der Waals surface area contributed by atoms with E-state index in [0.29, 0.717) is 5.56 Å². The van der Waals surface area contributed by atoms with Crippen molar-refractivity contribution in [1.82, 2.24) is 15.6 Å². The summed E-state index contributed by atoms with van der Waals surface area (Å²) in [6, 6.07) is 10.6. The zero-order chi connectivity index (χ0) is 21.0. The average Bonchev–Trinajstić information content (AvgIpc) is 3.08. The molecule has 9 heteroatoms. The molecule has 0 spiro atoms. The van der Waals surface area contributed by atoms with E-state index in [4.69, 9.17) is 0 Å². The molecule has 5 nitrogen and oxygen atoms in total. The van der Waals surface area contributed by atoms with Crippen LogP contribution in [0.4, 0.5) is 17.6 Å². The molecule has 0 radical (unpaired) electrons. The van der Waals surface area contributed by atoms with Crippen LogP contribution in [0.3, 0.4) is 0 Å². The van der Waals surface area contributed by atoms with Gasteiger partial charge in [0, 0.05) is 29.1 Å². The number of fused-ring (bicyclic) bond motifs is 1. The number of para-hydroxylation sites is 1. The van der Waals surface area contributed by atoms with Gasteiger partial charge in [0.2, 0.25) is 5.91 Å². The lowest BCUT2D eigenvalue weighted by molar-refractivity contribution is -0.139. The molecule has 0 unspecified atom stereocenters. The number of halogens is 4. The van der Waals surface area contributed by atoms with E-state index in [1.807, 2.05) is 12.1 Å². The van der Waals surface area contributed by atoms with E-state index in [1.165, 1.54) is 12.1 Å². The number of nitrogens with one attached hydrogen (secondary N) is 3. The fraction of sp³-hybridized carbons (Fsp3) is 0.200. The molecule has 152 valence electrons. The number of rotatable bonds is 6. The third-order valence-corrected chi connectivity index (χ3v) is 4.29. The third-order valence-electron chi connectivity index (χ3n) is 4.29. The van der Waals surface area contributed by atoms with E-state index in [-0.39, 0.29) is 12.0 Å². The van der Waals surface area contributed by atoms with Gasteiger partial charge in [-0.3, -0.25) is 9.59 Å². The summed E-state index contributed by atoms with van der Waals surface area (Å²) < 4.78 is 50.5. The minimum atomic E-state index is -4.58. The first kappa shape index (κ1) is 20.4. The molecule has 0 saturated heterocycles. The van der Waals surface area contributed by atoms with Crippen molar-refractivity contribution in [3.63, 3.8) is 0 Å². The lowest BCUT2D eigenvalue weighted by atomic mass is 10.0. The Morgan fingerprint density at radius 1 is 1.03 bits per heavy atom. The van der Waals surface area contributed by atoms with Crippen molar-refractivity contribution in [2.45, 2.75) is 18.6 Å². The fourth-order valence-corrected chi connectivity index (χ4v) is 2.88.